The maximum Gasteiger partial charge on any atom is 0.455 e. The first-order valence-corrected chi connectivity index (χ1v) is 6.23. The summed E-state index contributed by atoms with van der Waals surface area (Å²) in [7, 11) is 0. The summed E-state index contributed by atoms with van der Waals surface area (Å²) in [6, 6.07) is -1.20. The molecule has 1 unspecified atom stereocenters. The standard InChI is InChI=1S/C11H11F5N6O/c1-4-6(3-7(17-4)8-19-21-22-20-8)9(23)18-5(2)10(12,13)11(14,15)16/h3,5,17H,1-2H3,(H,18,23)(H,19,20,21,22). The molecule has 12 heteroatoms. The molecular weight excluding hydrogens is 327 g/mol. The Labute approximate surface area is 125 Å². The van der Waals surface area contributed by atoms with Crippen molar-refractivity contribution in [2.75, 3.05) is 0 Å². The van der Waals surface area contributed by atoms with Gasteiger partial charge in [-0.05, 0) is 25.1 Å². The van der Waals surface area contributed by atoms with E-state index in [-0.39, 0.29) is 22.8 Å². The van der Waals surface area contributed by atoms with Crippen molar-refractivity contribution in [3.63, 3.8) is 0 Å². The maximum atomic E-state index is 13.1. The Morgan fingerprint density at radius 1 is 1.30 bits per heavy atom. The number of nitrogens with one attached hydrogen (secondary N) is 3. The number of alkyl halides is 5. The third kappa shape index (κ3) is 3.14. The Morgan fingerprint density at radius 2 is 1.96 bits per heavy atom. The molecule has 2 rings (SSSR count). The predicted molar refractivity (Wildman–Crippen MR) is 66.6 cm³/mol. The number of tetrazole rings is 1. The van der Waals surface area contributed by atoms with Crippen LogP contribution in [0.1, 0.15) is 23.0 Å². The fourth-order valence-electron chi connectivity index (χ4n) is 1.80. The molecule has 2 aromatic rings. The van der Waals surface area contributed by atoms with E-state index in [9.17, 15) is 26.7 Å². The lowest BCUT2D eigenvalue weighted by Crippen LogP contribution is -2.53. The third-order valence-electron chi connectivity index (χ3n) is 3.12. The molecule has 0 saturated carbocycles. The molecule has 0 radical (unpaired) electrons. The monoisotopic (exact) mass is 338 g/mol. The predicted octanol–water partition coefficient (Wildman–Crippen LogP) is 1.82. The molecule has 126 valence electrons. The van der Waals surface area contributed by atoms with Gasteiger partial charge in [-0.15, -0.1) is 10.2 Å². The van der Waals surface area contributed by atoms with Crippen LogP contribution in [0.4, 0.5) is 22.0 Å². The van der Waals surface area contributed by atoms with E-state index in [1.165, 1.54) is 13.0 Å². The van der Waals surface area contributed by atoms with E-state index in [1.807, 2.05) is 0 Å². The third-order valence-corrected chi connectivity index (χ3v) is 3.12. The van der Waals surface area contributed by atoms with Crippen molar-refractivity contribution in [1.82, 2.24) is 30.9 Å². The number of amides is 1. The van der Waals surface area contributed by atoms with Gasteiger partial charge in [-0.3, -0.25) is 4.79 Å². The van der Waals surface area contributed by atoms with Gasteiger partial charge in [0.2, 0.25) is 5.82 Å². The molecule has 1 atom stereocenters. The van der Waals surface area contributed by atoms with Gasteiger partial charge in [-0.1, -0.05) is 0 Å². The molecule has 3 N–H and O–H groups in total. The number of carbonyl (C=O) groups is 1. The Hall–Kier alpha value is -2.53. The molecule has 0 aliphatic carbocycles. The normalized spacial score (nSPS) is 13.9. The molecule has 0 aliphatic heterocycles. The second kappa shape index (κ2) is 5.59. The molecule has 0 bridgehead atoms. The van der Waals surface area contributed by atoms with Crippen LogP contribution >= 0.6 is 0 Å². The highest BCUT2D eigenvalue weighted by molar-refractivity contribution is 5.96. The number of rotatable bonds is 4. The smallest absolute Gasteiger partial charge is 0.355 e. The molecule has 0 aliphatic rings. The van der Waals surface area contributed by atoms with Gasteiger partial charge >= 0.3 is 12.1 Å². The van der Waals surface area contributed by atoms with E-state index in [4.69, 9.17) is 0 Å². The SMILES string of the molecule is Cc1[nH]c(-c2nn[nH]n2)cc1C(=O)NC(C)C(F)(F)C(F)(F)F. The number of hydrogen-bond acceptors (Lipinski definition) is 4. The minimum atomic E-state index is -5.76. The van der Waals surface area contributed by atoms with Crippen LogP contribution in [0, 0.1) is 6.92 Å². The molecule has 2 heterocycles. The summed E-state index contributed by atoms with van der Waals surface area (Å²) >= 11 is 0. The zero-order valence-electron chi connectivity index (χ0n) is 11.8. The van der Waals surface area contributed by atoms with Gasteiger partial charge in [0.25, 0.3) is 5.91 Å². The topological polar surface area (TPSA) is 99.3 Å². The molecular formula is C11H11F5N6O. The van der Waals surface area contributed by atoms with Crippen LogP contribution in [0.15, 0.2) is 6.07 Å². The average molecular weight is 338 g/mol. The number of aromatic amines is 2. The summed E-state index contributed by atoms with van der Waals surface area (Å²) in [4.78, 5) is 14.7. The number of aryl methyl sites for hydroxylation is 1. The number of aromatic nitrogens is 5. The molecule has 2 aromatic heterocycles. The van der Waals surface area contributed by atoms with Crippen LogP contribution in [0.25, 0.3) is 11.5 Å². The van der Waals surface area contributed by atoms with E-state index in [1.54, 1.807) is 5.32 Å². The zero-order chi connectivity index (χ0) is 17.4. The van der Waals surface area contributed by atoms with E-state index < -0.39 is 24.0 Å². The molecule has 7 nitrogen and oxygen atoms in total. The Balaban J connectivity index is 2.19. The van der Waals surface area contributed by atoms with Crippen molar-refractivity contribution in [3.8, 4) is 11.5 Å². The number of carbonyl (C=O) groups excluding carboxylic acids is 1. The number of halogens is 5. The van der Waals surface area contributed by atoms with Crippen molar-refractivity contribution in [2.45, 2.75) is 32.0 Å². The van der Waals surface area contributed by atoms with Crippen LogP contribution in [0.2, 0.25) is 0 Å². The van der Waals surface area contributed by atoms with Crippen molar-refractivity contribution in [3.05, 3.63) is 17.3 Å². The van der Waals surface area contributed by atoms with Gasteiger partial charge in [0.15, 0.2) is 0 Å². The van der Waals surface area contributed by atoms with Crippen molar-refractivity contribution in [1.29, 1.82) is 0 Å². The van der Waals surface area contributed by atoms with E-state index >= 15 is 0 Å². The van der Waals surface area contributed by atoms with Gasteiger partial charge in [-0.2, -0.15) is 27.2 Å². The highest BCUT2D eigenvalue weighted by Crippen LogP contribution is 2.38. The van der Waals surface area contributed by atoms with Gasteiger partial charge in [-0.25, -0.2) is 0 Å². The number of hydrogen-bond donors (Lipinski definition) is 3. The summed E-state index contributed by atoms with van der Waals surface area (Å²) < 4.78 is 63.1. The molecule has 1 amide bonds. The quantitative estimate of drug-likeness (QED) is 0.741. The first-order valence-electron chi connectivity index (χ1n) is 6.23. The molecule has 0 spiro atoms. The van der Waals surface area contributed by atoms with Gasteiger partial charge in [0.05, 0.1) is 17.3 Å². The lowest BCUT2D eigenvalue weighted by molar-refractivity contribution is -0.290. The van der Waals surface area contributed by atoms with Crippen LogP contribution in [0.3, 0.4) is 0 Å². The lowest BCUT2D eigenvalue weighted by Gasteiger charge is -2.26. The average Bonchev–Trinajstić information content (AvgIpc) is 3.05. The summed E-state index contributed by atoms with van der Waals surface area (Å²) in [6.07, 6.45) is -5.76. The summed E-state index contributed by atoms with van der Waals surface area (Å²) in [5.41, 5.74) is 0.413. The van der Waals surface area contributed by atoms with Gasteiger partial charge in [0, 0.05) is 5.69 Å². The van der Waals surface area contributed by atoms with Gasteiger partial charge < -0.3 is 10.3 Å². The van der Waals surface area contributed by atoms with Crippen LogP contribution in [-0.2, 0) is 0 Å². The highest BCUT2D eigenvalue weighted by Gasteiger charge is 2.61. The number of nitrogens with zero attached hydrogens (tertiary/aromatic N) is 3. The summed E-state index contributed by atoms with van der Waals surface area (Å²) in [6.45, 7) is 2.03. The summed E-state index contributed by atoms with van der Waals surface area (Å²) in [5, 5.41) is 14.4. The van der Waals surface area contributed by atoms with Crippen molar-refractivity contribution >= 4 is 5.91 Å². The first-order chi connectivity index (χ1) is 10.5. The maximum absolute atomic E-state index is 13.1. The van der Waals surface area contributed by atoms with E-state index in [0.717, 1.165) is 0 Å². The van der Waals surface area contributed by atoms with Crippen molar-refractivity contribution < 1.29 is 26.7 Å². The lowest BCUT2D eigenvalue weighted by atomic mass is 10.1. The second-order valence-corrected chi connectivity index (χ2v) is 4.77. The highest BCUT2D eigenvalue weighted by atomic mass is 19.4. The minimum Gasteiger partial charge on any atom is -0.355 e. The zero-order valence-corrected chi connectivity index (χ0v) is 11.8. The fourth-order valence-corrected chi connectivity index (χ4v) is 1.80. The van der Waals surface area contributed by atoms with E-state index in [0.29, 0.717) is 6.92 Å². The van der Waals surface area contributed by atoms with Crippen LogP contribution < -0.4 is 5.32 Å². The van der Waals surface area contributed by atoms with Crippen LogP contribution in [0.5, 0.6) is 0 Å². The van der Waals surface area contributed by atoms with E-state index in [2.05, 4.69) is 25.6 Å². The second-order valence-electron chi connectivity index (χ2n) is 4.77. The first kappa shape index (κ1) is 16.8. The largest absolute Gasteiger partial charge is 0.455 e. The Morgan fingerprint density at radius 3 is 2.48 bits per heavy atom. The molecule has 23 heavy (non-hydrogen) atoms. The fraction of sp³-hybridized carbons (Fsp3) is 0.455. The number of H-pyrrole nitrogens is 2. The Kier molecular flexibility index (Phi) is 4.09. The van der Waals surface area contributed by atoms with Crippen LogP contribution in [-0.4, -0.2) is 49.7 Å². The minimum absolute atomic E-state index is 0.102. The molecule has 0 saturated heterocycles. The van der Waals surface area contributed by atoms with Gasteiger partial charge in [0.1, 0.15) is 0 Å². The Bertz CT molecular complexity index is 692. The molecule has 0 aromatic carbocycles. The van der Waals surface area contributed by atoms with Crippen molar-refractivity contribution in [2.24, 2.45) is 0 Å². The molecule has 0 fully saturated rings. The summed E-state index contributed by atoms with van der Waals surface area (Å²) in [5.74, 6) is -6.02.